The van der Waals surface area contributed by atoms with Crippen LogP contribution in [0.15, 0.2) is 4.52 Å². The number of hydrogen-bond donors (Lipinski definition) is 1. The van der Waals surface area contributed by atoms with Crippen LogP contribution in [0.5, 0.6) is 0 Å². The summed E-state index contributed by atoms with van der Waals surface area (Å²) in [4.78, 5) is 6.62. The van der Waals surface area contributed by atoms with Crippen LogP contribution >= 0.6 is 12.4 Å². The summed E-state index contributed by atoms with van der Waals surface area (Å²) >= 11 is 0. The molecule has 1 atom stereocenters. The maximum atomic E-state index is 5.93. The SMILES string of the molecule is COC1CCCN(Cc2nc(C(C)(C)N)no2)C1.Cl. The quantitative estimate of drug-likeness (QED) is 0.900. The molecule has 1 aliphatic rings. The molecule has 7 heteroatoms. The third-order valence-corrected chi connectivity index (χ3v) is 3.20. The van der Waals surface area contributed by atoms with E-state index in [1.165, 1.54) is 0 Å². The summed E-state index contributed by atoms with van der Waals surface area (Å²) in [5.74, 6) is 1.18. The largest absolute Gasteiger partial charge is 0.380 e. The Bertz CT molecular complexity index is 391. The van der Waals surface area contributed by atoms with Crippen molar-refractivity contribution in [3.63, 3.8) is 0 Å². The Balaban J connectivity index is 0.00000180. The van der Waals surface area contributed by atoms with E-state index in [4.69, 9.17) is 15.0 Å². The van der Waals surface area contributed by atoms with Gasteiger partial charge in [0, 0.05) is 13.7 Å². The lowest BCUT2D eigenvalue weighted by Crippen LogP contribution is -2.38. The molecular formula is C12H23ClN4O2. The number of halogens is 1. The number of likely N-dealkylation sites (tertiary alicyclic amines) is 1. The van der Waals surface area contributed by atoms with Gasteiger partial charge < -0.3 is 15.0 Å². The summed E-state index contributed by atoms with van der Waals surface area (Å²) in [6, 6.07) is 0. The molecule has 0 radical (unpaired) electrons. The minimum absolute atomic E-state index is 0. The Morgan fingerprint density at radius 3 is 2.84 bits per heavy atom. The van der Waals surface area contributed by atoms with Gasteiger partial charge in [0.05, 0.1) is 18.2 Å². The summed E-state index contributed by atoms with van der Waals surface area (Å²) in [6.45, 7) is 6.36. The Morgan fingerprint density at radius 2 is 2.26 bits per heavy atom. The summed E-state index contributed by atoms with van der Waals surface area (Å²) in [5, 5.41) is 3.92. The van der Waals surface area contributed by atoms with E-state index in [1.54, 1.807) is 7.11 Å². The average molecular weight is 291 g/mol. The van der Waals surface area contributed by atoms with Crippen molar-refractivity contribution in [1.29, 1.82) is 0 Å². The molecule has 2 heterocycles. The van der Waals surface area contributed by atoms with Crippen molar-refractivity contribution in [1.82, 2.24) is 15.0 Å². The van der Waals surface area contributed by atoms with E-state index in [0.29, 0.717) is 24.4 Å². The van der Waals surface area contributed by atoms with Gasteiger partial charge in [-0.05, 0) is 33.2 Å². The molecular weight excluding hydrogens is 268 g/mol. The van der Waals surface area contributed by atoms with Gasteiger partial charge in [-0.25, -0.2) is 0 Å². The number of hydrogen-bond acceptors (Lipinski definition) is 6. The molecule has 1 fully saturated rings. The van der Waals surface area contributed by atoms with Gasteiger partial charge in [-0.2, -0.15) is 4.98 Å². The molecule has 0 spiro atoms. The second-order valence-electron chi connectivity index (χ2n) is 5.47. The molecule has 1 aliphatic heterocycles. The van der Waals surface area contributed by atoms with Crippen molar-refractivity contribution < 1.29 is 9.26 Å². The molecule has 1 aromatic heterocycles. The van der Waals surface area contributed by atoms with Crippen LogP contribution in [0, 0.1) is 0 Å². The van der Waals surface area contributed by atoms with Crippen LogP contribution in [0.25, 0.3) is 0 Å². The van der Waals surface area contributed by atoms with E-state index in [9.17, 15) is 0 Å². The molecule has 0 amide bonds. The van der Waals surface area contributed by atoms with Crippen molar-refractivity contribution >= 4 is 12.4 Å². The lowest BCUT2D eigenvalue weighted by Gasteiger charge is -2.30. The first kappa shape index (κ1) is 16.4. The fourth-order valence-corrected chi connectivity index (χ4v) is 2.12. The van der Waals surface area contributed by atoms with Crippen LogP contribution in [-0.4, -0.2) is 41.3 Å². The smallest absolute Gasteiger partial charge is 0.240 e. The van der Waals surface area contributed by atoms with Crippen LogP contribution in [0.1, 0.15) is 38.4 Å². The van der Waals surface area contributed by atoms with E-state index in [2.05, 4.69) is 15.0 Å². The summed E-state index contributed by atoms with van der Waals surface area (Å²) in [5.41, 5.74) is 5.37. The number of piperidine rings is 1. The highest BCUT2D eigenvalue weighted by molar-refractivity contribution is 5.85. The molecule has 6 nitrogen and oxygen atoms in total. The van der Waals surface area contributed by atoms with Gasteiger partial charge >= 0.3 is 0 Å². The van der Waals surface area contributed by atoms with E-state index < -0.39 is 5.54 Å². The van der Waals surface area contributed by atoms with Gasteiger partial charge in [-0.15, -0.1) is 12.4 Å². The second-order valence-corrected chi connectivity index (χ2v) is 5.47. The predicted octanol–water partition coefficient (Wildman–Crippen LogP) is 1.30. The van der Waals surface area contributed by atoms with Gasteiger partial charge in [0.2, 0.25) is 5.89 Å². The van der Waals surface area contributed by atoms with Crippen molar-refractivity contribution in [2.24, 2.45) is 5.73 Å². The zero-order valence-corrected chi connectivity index (χ0v) is 12.6. The summed E-state index contributed by atoms with van der Waals surface area (Å²) < 4.78 is 10.6. The van der Waals surface area contributed by atoms with Crippen molar-refractivity contribution in [3.8, 4) is 0 Å². The molecule has 0 aromatic carbocycles. The van der Waals surface area contributed by atoms with Crippen molar-refractivity contribution in [2.45, 2.75) is 44.9 Å². The molecule has 0 bridgehead atoms. The molecule has 19 heavy (non-hydrogen) atoms. The van der Waals surface area contributed by atoms with E-state index in [0.717, 1.165) is 25.9 Å². The molecule has 2 rings (SSSR count). The Labute approximate surface area is 120 Å². The first-order chi connectivity index (χ1) is 8.49. The highest BCUT2D eigenvalue weighted by Gasteiger charge is 2.24. The standard InChI is InChI=1S/C12H22N4O2.ClH/c1-12(2,13)11-14-10(18-15-11)8-16-6-4-5-9(7-16)17-3;/h9H,4-8,13H2,1-3H3;1H. The molecule has 0 aliphatic carbocycles. The topological polar surface area (TPSA) is 77.4 Å². The third-order valence-electron chi connectivity index (χ3n) is 3.20. The molecule has 1 unspecified atom stereocenters. The summed E-state index contributed by atoms with van der Waals surface area (Å²) in [7, 11) is 1.76. The lowest BCUT2D eigenvalue weighted by molar-refractivity contribution is 0.0251. The fraction of sp³-hybridized carbons (Fsp3) is 0.833. The number of rotatable bonds is 4. The maximum absolute atomic E-state index is 5.93. The van der Waals surface area contributed by atoms with Crippen LogP contribution in [0.3, 0.4) is 0 Å². The lowest BCUT2D eigenvalue weighted by atomic mass is 10.1. The van der Waals surface area contributed by atoms with Crippen LogP contribution in [0.4, 0.5) is 0 Å². The summed E-state index contributed by atoms with van der Waals surface area (Å²) in [6.07, 6.45) is 2.58. The van der Waals surface area contributed by atoms with Crippen LogP contribution < -0.4 is 5.73 Å². The van der Waals surface area contributed by atoms with Gasteiger partial charge in [-0.1, -0.05) is 5.16 Å². The zero-order chi connectivity index (χ0) is 13.2. The highest BCUT2D eigenvalue weighted by Crippen LogP contribution is 2.17. The zero-order valence-electron chi connectivity index (χ0n) is 11.8. The fourth-order valence-electron chi connectivity index (χ4n) is 2.12. The number of methoxy groups -OCH3 is 1. The van der Waals surface area contributed by atoms with Crippen LogP contribution in [-0.2, 0) is 16.8 Å². The number of aromatic nitrogens is 2. The third kappa shape index (κ3) is 4.42. The molecule has 110 valence electrons. The molecule has 0 saturated carbocycles. The van der Waals surface area contributed by atoms with Crippen LogP contribution in [0.2, 0.25) is 0 Å². The van der Waals surface area contributed by atoms with Gasteiger partial charge in [0.1, 0.15) is 0 Å². The predicted molar refractivity (Wildman–Crippen MR) is 74.1 cm³/mol. The average Bonchev–Trinajstić information content (AvgIpc) is 2.77. The first-order valence-corrected chi connectivity index (χ1v) is 6.36. The van der Waals surface area contributed by atoms with E-state index in [-0.39, 0.29) is 12.4 Å². The number of ether oxygens (including phenoxy) is 1. The van der Waals surface area contributed by atoms with Gasteiger partial charge in [0.25, 0.3) is 0 Å². The number of nitrogens with zero attached hydrogens (tertiary/aromatic N) is 3. The Hall–Kier alpha value is -0.690. The Morgan fingerprint density at radius 1 is 1.53 bits per heavy atom. The molecule has 1 aromatic rings. The van der Waals surface area contributed by atoms with Gasteiger partial charge in [-0.3, -0.25) is 4.90 Å². The monoisotopic (exact) mass is 290 g/mol. The second kappa shape index (κ2) is 6.65. The Kier molecular flexibility index (Phi) is 5.73. The minimum Gasteiger partial charge on any atom is -0.380 e. The van der Waals surface area contributed by atoms with Gasteiger partial charge in [0.15, 0.2) is 5.82 Å². The molecule has 2 N–H and O–H groups in total. The van der Waals surface area contributed by atoms with Crippen molar-refractivity contribution in [3.05, 3.63) is 11.7 Å². The minimum atomic E-state index is -0.557. The number of nitrogens with two attached hydrogens (primary N) is 1. The van der Waals surface area contributed by atoms with E-state index >= 15 is 0 Å². The van der Waals surface area contributed by atoms with E-state index in [1.807, 2.05) is 13.8 Å². The highest BCUT2D eigenvalue weighted by atomic mass is 35.5. The maximum Gasteiger partial charge on any atom is 0.240 e. The first-order valence-electron chi connectivity index (χ1n) is 6.36. The molecule has 1 saturated heterocycles. The normalized spacial score (nSPS) is 21.2. The van der Waals surface area contributed by atoms with Crippen molar-refractivity contribution in [2.75, 3.05) is 20.2 Å².